The summed E-state index contributed by atoms with van der Waals surface area (Å²) < 4.78 is 20.4. The van der Waals surface area contributed by atoms with Gasteiger partial charge in [-0.05, 0) is 18.6 Å². The number of nitrogens with zero attached hydrogens (tertiary/aromatic N) is 4. The van der Waals surface area contributed by atoms with Crippen molar-refractivity contribution in [2.24, 2.45) is 0 Å². The maximum Gasteiger partial charge on any atom is 0.258 e. The summed E-state index contributed by atoms with van der Waals surface area (Å²) in [5.74, 6) is 1.54. The Morgan fingerprint density at radius 1 is 1.27 bits per heavy atom. The van der Waals surface area contributed by atoms with Crippen molar-refractivity contribution in [1.29, 1.82) is 0 Å². The van der Waals surface area contributed by atoms with E-state index in [9.17, 15) is 9.18 Å². The highest BCUT2D eigenvalue weighted by Crippen LogP contribution is 2.21. The number of hydrogen-bond donors (Lipinski definition) is 0. The fraction of sp³-hybridized carbons (Fsp3) is 0.176. The number of aromatic nitrogens is 4. The number of aryl methyl sites for hydroxylation is 1. The van der Waals surface area contributed by atoms with Crippen molar-refractivity contribution in [3.8, 4) is 11.4 Å². The summed E-state index contributed by atoms with van der Waals surface area (Å²) in [6.45, 7) is 1.70. The molecule has 1 aromatic carbocycles. The van der Waals surface area contributed by atoms with Crippen molar-refractivity contribution in [2.45, 2.75) is 18.4 Å². The van der Waals surface area contributed by atoms with Crippen LogP contribution in [0.4, 0.5) is 4.39 Å². The van der Waals surface area contributed by atoms with Gasteiger partial charge in [0.25, 0.3) is 5.56 Å². The predicted molar refractivity (Wildman–Crippen MR) is 98.8 cm³/mol. The molecule has 0 saturated carbocycles. The summed E-state index contributed by atoms with van der Waals surface area (Å²) >= 11 is 2.94. The lowest BCUT2D eigenvalue weighted by Gasteiger charge is -1.99. The molecule has 0 aliphatic rings. The number of benzene rings is 1. The Labute approximate surface area is 155 Å². The number of hydrogen-bond acceptors (Lipinski definition) is 7. The quantitative estimate of drug-likeness (QED) is 0.519. The highest BCUT2D eigenvalue weighted by Gasteiger charge is 2.11. The second-order valence-electron chi connectivity index (χ2n) is 5.61. The van der Waals surface area contributed by atoms with Crippen LogP contribution in [0.15, 0.2) is 45.2 Å². The van der Waals surface area contributed by atoms with Gasteiger partial charge in [-0.3, -0.25) is 9.20 Å². The van der Waals surface area contributed by atoms with Gasteiger partial charge in [0, 0.05) is 29.0 Å². The monoisotopic (exact) mass is 388 g/mol. The molecule has 0 aliphatic heterocycles. The van der Waals surface area contributed by atoms with Crippen LogP contribution in [-0.2, 0) is 11.5 Å². The van der Waals surface area contributed by atoms with Gasteiger partial charge >= 0.3 is 0 Å². The molecule has 132 valence electrons. The molecule has 4 rings (SSSR count). The van der Waals surface area contributed by atoms with Crippen LogP contribution in [-0.4, -0.2) is 19.5 Å². The second kappa shape index (κ2) is 7.00. The summed E-state index contributed by atoms with van der Waals surface area (Å²) in [4.78, 5) is 21.4. The molecule has 0 saturated heterocycles. The van der Waals surface area contributed by atoms with Crippen LogP contribution in [0.25, 0.3) is 16.3 Å². The number of thioether (sulfide) groups is 1. The van der Waals surface area contributed by atoms with Crippen LogP contribution in [0.5, 0.6) is 0 Å². The van der Waals surface area contributed by atoms with E-state index in [2.05, 4.69) is 15.1 Å². The van der Waals surface area contributed by atoms with E-state index in [0.29, 0.717) is 45.0 Å². The molecule has 0 amide bonds. The summed E-state index contributed by atoms with van der Waals surface area (Å²) in [6, 6.07) is 6.36. The first-order valence-corrected chi connectivity index (χ1v) is 9.76. The lowest BCUT2D eigenvalue weighted by molar-refractivity contribution is 0.391. The second-order valence-corrected chi connectivity index (χ2v) is 7.47. The summed E-state index contributed by atoms with van der Waals surface area (Å²) in [7, 11) is 0. The lowest BCUT2D eigenvalue weighted by Crippen LogP contribution is -2.12. The highest BCUT2D eigenvalue weighted by molar-refractivity contribution is 7.97. The van der Waals surface area contributed by atoms with Crippen LogP contribution in [0, 0.1) is 12.7 Å². The van der Waals surface area contributed by atoms with Gasteiger partial charge in [0.1, 0.15) is 5.82 Å². The van der Waals surface area contributed by atoms with Gasteiger partial charge in [0.2, 0.25) is 11.7 Å². The van der Waals surface area contributed by atoms with E-state index in [1.807, 2.05) is 5.38 Å². The maximum absolute atomic E-state index is 13.7. The molecule has 0 radical (unpaired) electrons. The van der Waals surface area contributed by atoms with Crippen molar-refractivity contribution in [3.05, 3.63) is 69.2 Å². The van der Waals surface area contributed by atoms with Gasteiger partial charge in [-0.25, -0.2) is 9.37 Å². The third-order valence-corrected chi connectivity index (χ3v) is 5.44. The Bertz CT molecular complexity index is 1140. The molecular formula is C17H13FN4O2S2. The van der Waals surface area contributed by atoms with E-state index >= 15 is 0 Å². The minimum absolute atomic E-state index is 0.0895. The summed E-state index contributed by atoms with van der Waals surface area (Å²) in [5.41, 5.74) is 1.76. The molecule has 3 heterocycles. The fourth-order valence-electron chi connectivity index (χ4n) is 2.37. The van der Waals surface area contributed by atoms with Gasteiger partial charge in [-0.15, -0.1) is 23.1 Å². The predicted octanol–water partition coefficient (Wildman–Crippen LogP) is 3.69. The Morgan fingerprint density at radius 2 is 2.15 bits per heavy atom. The Kier molecular flexibility index (Phi) is 4.56. The number of rotatable bonds is 5. The van der Waals surface area contributed by atoms with Crippen molar-refractivity contribution in [3.63, 3.8) is 0 Å². The van der Waals surface area contributed by atoms with Gasteiger partial charge < -0.3 is 4.52 Å². The van der Waals surface area contributed by atoms with Crippen molar-refractivity contribution in [2.75, 3.05) is 0 Å². The molecule has 6 nitrogen and oxygen atoms in total. The zero-order chi connectivity index (χ0) is 18.1. The van der Waals surface area contributed by atoms with E-state index in [4.69, 9.17) is 4.52 Å². The highest BCUT2D eigenvalue weighted by atomic mass is 32.2. The SMILES string of the molecule is Cc1ccc(-c2noc(CSCc3cc(=O)n4ccsc4n3)n2)cc1F. The maximum atomic E-state index is 13.7. The molecule has 0 unspecified atom stereocenters. The van der Waals surface area contributed by atoms with Gasteiger partial charge in [-0.2, -0.15) is 4.98 Å². The molecule has 0 atom stereocenters. The molecule has 0 bridgehead atoms. The third kappa shape index (κ3) is 3.40. The first kappa shape index (κ1) is 16.9. The zero-order valence-corrected chi connectivity index (χ0v) is 15.3. The molecule has 0 fully saturated rings. The van der Waals surface area contributed by atoms with Gasteiger partial charge in [0.15, 0.2) is 4.96 Å². The smallest absolute Gasteiger partial charge is 0.258 e. The summed E-state index contributed by atoms with van der Waals surface area (Å²) in [5, 5.41) is 5.73. The molecule has 9 heteroatoms. The first-order chi connectivity index (χ1) is 12.6. The fourth-order valence-corrected chi connectivity index (χ4v) is 3.86. The lowest BCUT2D eigenvalue weighted by atomic mass is 10.1. The van der Waals surface area contributed by atoms with Crippen molar-refractivity contribution >= 4 is 28.1 Å². The van der Waals surface area contributed by atoms with Crippen molar-refractivity contribution < 1.29 is 8.91 Å². The Balaban J connectivity index is 1.42. The summed E-state index contributed by atoms with van der Waals surface area (Å²) in [6.07, 6.45) is 1.71. The number of halogens is 1. The van der Waals surface area contributed by atoms with E-state index in [1.54, 1.807) is 25.3 Å². The van der Waals surface area contributed by atoms with E-state index in [1.165, 1.54) is 39.6 Å². The number of fused-ring (bicyclic) bond motifs is 1. The first-order valence-electron chi connectivity index (χ1n) is 7.73. The van der Waals surface area contributed by atoms with Crippen LogP contribution < -0.4 is 5.56 Å². The Morgan fingerprint density at radius 3 is 3.00 bits per heavy atom. The minimum Gasteiger partial charge on any atom is -0.338 e. The number of thiazole rings is 1. The average Bonchev–Trinajstić information content (AvgIpc) is 3.27. The zero-order valence-electron chi connectivity index (χ0n) is 13.7. The molecule has 0 spiro atoms. The normalized spacial score (nSPS) is 11.3. The van der Waals surface area contributed by atoms with Gasteiger partial charge in [-0.1, -0.05) is 17.3 Å². The van der Waals surface area contributed by atoms with Crippen LogP contribution in [0.1, 0.15) is 17.1 Å². The standard InChI is InChI=1S/C17H13FN4O2S2/c1-10-2-3-11(6-13(10)18)16-20-14(24-21-16)9-25-8-12-7-15(23)22-4-5-26-17(22)19-12/h2-7H,8-9H2,1H3. The van der Waals surface area contributed by atoms with Gasteiger partial charge in [0.05, 0.1) is 11.4 Å². The molecule has 3 aromatic heterocycles. The average molecular weight is 388 g/mol. The van der Waals surface area contributed by atoms with Crippen molar-refractivity contribution in [1.82, 2.24) is 19.5 Å². The van der Waals surface area contributed by atoms with E-state index < -0.39 is 0 Å². The van der Waals surface area contributed by atoms with Crippen LogP contribution in [0.3, 0.4) is 0 Å². The molecular weight excluding hydrogens is 375 g/mol. The van der Waals surface area contributed by atoms with E-state index in [-0.39, 0.29) is 11.4 Å². The molecule has 0 N–H and O–H groups in total. The van der Waals surface area contributed by atoms with Crippen LogP contribution >= 0.6 is 23.1 Å². The third-order valence-electron chi connectivity index (χ3n) is 3.73. The molecule has 26 heavy (non-hydrogen) atoms. The Hall–Kier alpha value is -2.52. The van der Waals surface area contributed by atoms with Crippen LogP contribution in [0.2, 0.25) is 0 Å². The largest absolute Gasteiger partial charge is 0.338 e. The van der Waals surface area contributed by atoms with E-state index in [0.717, 1.165) is 0 Å². The molecule has 4 aromatic rings. The topological polar surface area (TPSA) is 73.3 Å². The molecule has 0 aliphatic carbocycles. The minimum atomic E-state index is -0.301.